The van der Waals surface area contributed by atoms with Gasteiger partial charge in [-0.2, -0.15) is 0 Å². The van der Waals surface area contributed by atoms with E-state index in [9.17, 15) is 9.59 Å². The molecule has 0 aromatic heterocycles. The van der Waals surface area contributed by atoms with Crippen LogP contribution in [0.5, 0.6) is 5.75 Å². The van der Waals surface area contributed by atoms with Gasteiger partial charge in [-0.05, 0) is 43.5 Å². The van der Waals surface area contributed by atoms with Crippen molar-refractivity contribution in [2.75, 3.05) is 29.9 Å². The van der Waals surface area contributed by atoms with Gasteiger partial charge in [0, 0.05) is 24.7 Å². The van der Waals surface area contributed by atoms with Crippen LogP contribution in [0, 0.1) is 0 Å². The molecule has 6 nitrogen and oxygen atoms in total. The molecule has 2 aromatic rings. The van der Waals surface area contributed by atoms with E-state index in [1.165, 1.54) is 18.6 Å². The van der Waals surface area contributed by atoms with Crippen LogP contribution in [0.25, 0.3) is 0 Å². The number of rotatable bonds is 6. The smallest absolute Gasteiger partial charge is 0.262 e. The molecule has 1 aliphatic heterocycles. The number of amides is 2. The minimum Gasteiger partial charge on any atom is -0.482 e. The molecule has 0 saturated carbocycles. The average Bonchev–Trinajstić information content (AvgIpc) is 2.70. The van der Waals surface area contributed by atoms with Crippen molar-refractivity contribution in [3.63, 3.8) is 0 Å². The van der Waals surface area contributed by atoms with Crippen LogP contribution in [-0.4, -0.2) is 31.5 Å². The predicted octanol–water partition coefficient (Wildman–Crippen LogP) is 4.75. The largest absolute Gasteiger partial charge is 0.482 e. The molecule has 154 valence electrons. The second-order valence-corrected chi connectivity index (χ2v) is 7.90. The summed E-state index contributed by atoms with van der Waals surface area (Å²) < 4.78 is 5.48. The zero-order valence-corrected chi connectivity index (χ0v) is 17.8. The number of benzene rings is 2. The Morgan fingerprint density at radius 3 is 2.38 bits per heavy atom. The summed E-state index contributed by atoms with van der Waals surface area (Å²) in [5, 5.41) is 3.62. The number of piperidine rings is 1. The van der Waals surface area contributed by atoms with Crippen molar-refractivity contribution in [1.29, 1.82) is 0 Å². The van der Waals surface area contributed by atoms with Gasteiger partial charge in [0.15, 0.2) is 6.61 Å². The van der Waals surface area contributed by atoms with Crippen molar-refractivity contribution in [2.45, 2.75) is 19.3 Å². The van der Waals surface area contributed by atoms with Gasteiger partial charge in [0.2, 0.25) is 5.91 Å². The maximum atomic E-state index is 12.5. The number of carbonyl (C=O) groups is 2. The molecular weight excluding hydrogens is 437 g/mol. The monoisotopic (exact) mass is 455 g/mol. The Balaban J connectivity index is 1.75. The number of hydrogen-bond donors (Lipinski definition) is 2. The van der Waals surface area contributed by atoms with Crippen molar-refractivity contribution in [1.82, 2.24) is 0 Å². The second-order valence-electron chi connectivity index (χ2n) is 6.68. The summed E-state index contributed by atoms with van der Waals surface area (Å²) in [7, 11) is 0. The lowest BCUT2D eigenvalue weighted by Crippen LogP contribution is -2.31. The molecule has 0 spiro atoms. The van der Waals surface area contributed by atoms with E-state index in [0.29, 0.717) is 16.3 Å². The number of ether oxygens (including phenoxy) is 1. The van der Waals surface area contributed by atoms with E-state index in [1.54, 1.807) is 18.2 Å². The summed E-state index contributed by atoms with van der Waals surface area (Å²) in [5.41, 5.74) is 7.06. The molecule has 0 unspecified atom stereocenters. The summed E-state index contributed by atoms with van der Waals surface area (Å²) in [6.07, 6.45) is 3.32. The lowest BCUT2D eigenvalue weighted by Gasteiger charge is -2.30. The van der Waals surface area contributed by atoms with Crippen LogP contribution >= 0.6 is 34.8 Å². The Hall–Kier alpha value is -2.15. The maximum absolute atomic E-state index is 12.5. The van der Waals surface area contributed by atoms with Crippen LogP contribution in [0.2, 0.25) is 15.1 Å². The zero-order valence-electron chi connectivity index (χ0n) is 15.5. The van der Waals surface area contributed by atoms with Crippen LogP contribution in [0.15, 0.2) is 30.3 Å². The molecule has 2 amide bonds. The molecule has 1 saturated heterocycles. The molecule has 1 aliphatic rings. The summed E-state index contributed by atoms with van der Waals surface area (Å²) in [5.74, 6) is -0.727. The fourth-order valence-corrected chi connectivity index (χ4v) is 3.74. The van der Waals surface area contributed by atoms with Crippen LogP contribution in [0.3, 0.4) is 0 Å². The fourth-order valence-electron chi connectivity index (χ4n) is 3.14. The Bertz CT molecular complexity index is 931. The van der Waals surface area contributed by atoms with Crippen molar-refractivity contribution < 1.29 is 14.3 Å². The van der Waals surface area contributed by atoms with E-state index in [4.69, 9.17) is 45.3 Å². The van der Waals surface area contributed by atoms with Gasteiger partial charge in [0.1, 0.15) is 5.75 Å². The summed E-state index contributed by atoms with van der Waals surface area (Å²) in [6, 6.07) is 7.94. The Morgan fingerprint density at radius 2 is 1.69 bits per heavy atom. The fraction of sp³-hybridized carbons (Fsp3) is 0.300. The normalized spacial score (nSPS) is 13.8. The summed E-state index contributed by atoms with van der Waals surface area (Å²) >= 11 is 17.9. The maximum Gasteiger partial charge on any atom is 0.262 e. The summed E-state index contributed by atoms with van der Waals surface area (Å²) in [4.78, 5) is 26.2. The van der Waals surface area contributed by atoms with E-state index in [0.717, 1.165) is 31.6 Å². The zero-order chi connectivity index (χ0) is 21.0. The first-order chi connectivity index (χ1) is 13.8. The molecule has 3 N–H and O–H groups in total. The number of nitrogens with two attached hydrogens (primary N) is 1. The van der Waals surface area contributed by atoms with Crippen LogP contribution in [-0.2, 0) is 4.79 Å². The standard InChI is InChI=1S/C20H20Cl3N3O3/c21-13-9-15(23)18(10-14(13)22)29-11-19(27)25-16-8-12(20(24)28)4-5-17(16)26-6-2-1-3-7-26/h4-5,8-10H,1-3,6-7,11H2,(H2,24,28)(H,25,27). The highest BCUT2D eigenvalue weighted by atomic mass is 35.5. The number of hydrogen-bond acceptors (Lipinski definition) is 4. The van der Waals surface area contributed by atoms with Crippen LogP contribution in [0.4, 0.5) is 11.4 Å². The highest BCUT2D eigenvalue weighted by Gasteiger charge is 2.18. The molecule has 29 heavy (non-hydrogen) atoms. The van der Waals surface area contributed by atoms with E-state index in [1.807, 2.05) is 0 Å². The van der Waals surface area contributed by atoms with Gasteiger partial charge in [0.05, 0.1) is 26.4 Å². The molecule has 9 heteroatoms. The molecule has 1 heterocycles. The number of carbonyl (C=O) groups excluding carboxylic acids is 2. The lowest BCUT2D eigenvalue weighted by atomic mass is 10.1. The first-order valence-corrected chi connectivity index (χ1v) is 10.2. The Labute approximate surface area is 183 Å². The molecule has 1 fully saturated rings. The van der Waals surface area contributed by atoms with Crippen molar-refractivity contribution in [2.24, 2.45) is 5.73 Å². The van der Waals surface area contributed by atoms with Gasteiger partial charge in [-0.25, -0.2) is 0 Å². The average molecular weight is 457 g/mol. The summed E-state index contributed by atoms with van der Waals surface area (Å²) in [6.45, 7) is 1.47. The quantitative estimate of drug-likeness (QED) is 0.614. The number of primary amides is 1. The highest BCUT2D eigenvalue weighted by Crippen LogP contribution is 2.34. The van der Waals surface area contributed by atoms with E-state index >= 15 is 0 Å². The third-order valence-corrected chi connectivity index (χ3v) is 5.60. The predicted molar refractivity (Wildman–Crippen MR) is 117 cm³/mol. The van der Waals surface area contributed by atoms with Gasteiger partial charge in [-0.1, -0.05) is 34.8 Å². The minimum atomic E-state index is -0.565. The van der Waals surface area contributed by atoms with Crippen molar-refractivity contribution >= 4 is 58.0 Å². The Kier molecular flexibility index (Phi) is 7.11. The lowest BCUT2D eigenvalue weighted by molar-refractivity contribution is -0.118. The molecule has 0 aliphatic carbocycles. The molecule has 0 bridgehead atoms. The molecule has 2 aromatic carbocycles. The van der Waals surface area contributed by atoms with Crippen LogP contribution < -0.4 is 20.7 Å². The number of nitrogens with zero attached hydrogens (tertiary/aromatic N) is 1. The van der Waals surface area contributed by atoms with Crippen LogP contribution in [0.1, 0.15) is 29.6 Å². The molecule has 0 radical (unpaired) electrons. The first-order valence-electron chi connectivity index (χ1n) is 9.11. The van der Waals surface area contributed by atoms with E-state index in [-0.39, 0.29) is 22.4 Å². The van der Waals surface area contributed by atoms with E-state index in [2.05, 4.69) is 10.2 Å². The van der Waals surface area contributed by atoms with Crippen molar-refractivity contribution in [3.05, 3.63) is 51.0 Å². The second kappa shape index (κ2) is 9.57. The van der Waals surface area contributed by atoms with Gasteiger partial charge in [-0.15, -0.1) is 0 Å². The van der Waals surface area contributed by atoms with Crippen molar-refractivity contribution in [3.8, 4) is 5.75 Å². The third kappa shape index (κ3) is 5.47. The minimum absolute atomic E-state index is 0.247. The van der Waals surface area contributed by atoms with Gasteiger partial charge < -0.3 is 20.7 Å². The number of anilines is 2. The number of halogens is 3. The highest BCUT2D eigenvalue weighted by molar-refractivity contribution is 6.43. The SMILES string of the molecule is NC(=O)c1ccc(N2CCCCC2)c(NC(=O)COc2cc(Cl)c(Cl)cc2Cl)c1. The first kappa shape index (κ1) is 21.6. The molecule has 0 atom stereocenters. The molecular formula is C20H20Cl3N3O3. The number of nitrogens with one attached hydrogen (secondary N) is 1. The Morgan fingerprint density at radius 1 is 1.00 bits per heavy atom. The molecule has 3 rings (SSSR count). The van der Waals surface area contributed by atoms with E-state index < -0.39 is 11.8 Å². The van der Waals surface area contributed by atoms with Gasteiger partial charge in [-0.3, -0.25) is 9.59 Å². The van der Waals surface area contributed by atoms with Gasteiger partial charge >= 0.3 is 0 Å². The third-order valence-electron chi connectivity index (χ3n) is 4.59. The topological polar surface area (TPSA) is 84.7 Å². The van der Waals surface area contributed by atoms with Gasteiger partial charge in [0.25, 0.3) is 5.91 Å².